The minimum absolute atomic E-state index is 0.0613. The van der Waals surface area contributed by atoms with Crippen LogP contribution < -0.4 is 33.7 Å². The third-order valence-corrected chi connectivity index (χ3v) is 6.42. The zero-order valence-electron chi connectivity index (χ0n) is 16.2. The molecule has 3 rings (SSSR count). The van der Waals surface area contributed by atoms with E-state index in [0.717, 1.165) is 22.4 Å². The number of amidine groups is 1. The predicted molar refractivity (Wildman–Crippen MR) is 123 cm³/mol. The van der Waals surface area contributed by atoms with Gasteiger partial charge in [0.15, 0.2) is 5.84 Å². The van der Waals surface area contributed by atoms with E-state index in [1.807, 2.05) is 30.3 Å². The van der Waals surface area contributed by atoms with Crippen molar-refractivity contribution >= 4 is 39.6 Å². The smallest absolute Gasteiger partial charge is 0.154 e. The van der Waals surface area contributed by atoms with Crippen molar-refractivity contribution in [2.24, 2.45) is 33.3 Å². The lowest BCUT2D eigenvalue weighted by molar-refractivity contribution is 0.682. The number of aromatic nitrogens is 2. The molecule has 12 N–H and O–H groups in total. The number of nitrogens with two attached hydrogens (primary N) is 5. The third-order valence-electron chi connectivity index (χ3n) is 4.37. The SMILES string of the molecule is NCCSc1ccc(-c2cccc3[nH]c(CCN)nc23)c(/C(N)=N/NN)c1S(N)=O. The van der Waals surface area contributed by atoms with E-state index in [0.29, 0.717) is 46.2 Å². The van der Waals surface area contributed by atoms with Crippen molar-refractivity contribution in [1.29, 1.82) is 0 Å². The van der Waals surface area contributed by atoms with E-state index in [1.54, 1.807) is 0 Å². The molecule has 0 radical (unpaired) electrons. The number of rotatable bonds is 9. The molecule has 1 unspecified atom stereocenters. The van der Waals surface area contributed by atoms with Crippen LogP contribution in [0.5, 0.6) is 0 Å². The number of fused-ring (bicyclic) bond motifs is 1. The van der Waals surface area contributed by atoms with Gasteiger partial charge in [0.1, 0.15) is 16.8 Å². The first kappa shape index (κ1) is 22.2. The van der Waals surface area contributed by atoms with Crippen LogP contribution >= 0.6 is 11.8 Å². The number of imidazole rings is 1. The maximum absolute atomic E-state index is 12.5. The second-order valence-electron chi connectivity index (χ2n) is 6.30. The number of hydrazine groups is 1. The monoisotopic (exact) mass is 447 g/mol. The summed E-state index contributed by atoms with van der Waals surface area (Å²) in [6, 6.07) is 9.48. The quantitative estimate of drug-likeness (QED) is 0.0771. The van der Waals surface area contributed by atoms with Crippen LogP contribution in [0, 0.1) is 0 Å². The first-order chi connectivity index (χ1) is 14.5. The molecule has 0 aliphatic rings. The Morgan fingerprint density at radius 1 is 1.20 bits per heavy atom. The Morgan fingerprint density at radius 2 is 2.00 bits per heavy atom. The zero-order valence-corrected chi connectivity index (χ0v) is 17.9. The van der Waals surface area contributed by atoms with Crippen molar-refractivity contribution in [3.05, 3.63) is 41.7 Å². The number of hydrogen-bond donors (Lipinski definition) is 7. The van der Waals surface area contributed by atoms with Gasteiger partial charge in [0.05, 0.1) is 15.9 Å². The van der Waals surface area contributed by atoms with E-state index in [1.165, 1.54) is 11.8 Å². The number of H-pyrrole nitrogens is 1. The fourth-order valence-corrected chi connectivity index (χ4v) is 5.05. The number of benzene rings is 2. The first-order valence-corrected chi connectivity index (χ1v) is 11.3. The average molecular weight is 448 g/mol. The topological polar surface area (TPSA) is 200 Å². The molecule has 0 bridgehead atoms. The molecule has 12 heteroatoms. The van der Waals surface area contributed by atoms with Crippen LogP contribution in [0.2, 0.25) is 0 Å². The Labute approximate surface area is 180 Å². The Kier molecular flexibility index (Phi) is 7.42. The number of nitrogens with zero attached hydrogens (tertiary/aromatic N) is 2. The summed E-state index contributed by atoms with van der Waals surface area (Å²) in [5.74, 6) is 6.83. The van der Waals surface area contributed by atoms with Crippen molar-refractivity contribution in [2.45, 2.75) is 16.2 Å². The van der Waals surface area contributed by atoms with E-state index in [-0.39, 0.29) is 5.84 Å². The summed E-state index contributed by atoms with van der Waals surface area (Å²) in [6.07, 6.45) is 0.619. The Morgan fingerprint density at radius 3 is 2.67 bits per heavy atom. The van der Waals surface area contributed by atoms with Crippen molar-refractivity contribution in [3.8, 4) is 11.1 Å². The predicted octanol–water partition coefficient (Wildman–Crippen LogP) is -0.153. The maximum atomic E-state index is 12.5. The Balaban J connectivity index is 2.32. The van der Waals surface area contributed by atoms with Gasteiger partial charge in [0.25, 0.3) is 0 Å². The molecule has 1 atom stereocenters. The highest BCUT2D eigenvalue weighted by Crippen LogP contribution is 2.37. The molecule has 0 aliphatic heterocycles. The number of hydrogen-bond acceptors (Lipinski definition) is 8. The second kappa shape index (κ2) is 10.0. The second-order valence-corrected chi connectivity index (χ2v) is 8.44. The van der Waals surface area contributed by atoms with Crippen molar-refractivity contribution < 1.29 is 4.21 Å². The highest BCUT2D eigenvalue weighted by atomic mass is 32.2. The highest BCUT2D eigenvalue weighted by Gasteiger charge is 2.23. The van der Waals surface area contributed by atoms with Crippen molar-refractivity contribution in [1.82, 2.24) is 15.5 Å². The standard InChI is InChI=1S/C18H25N9OS2/c19-7-6-14-24-12-3-1-2-11(16(12)25-14)10-4-5-13(29-9-8-20)17(30(23)28)15(10)18(21)26-27-22/h1-5,27H,6-9,19-20,22-23H2,(H2,21,26)(H,24,25). The summed E-state index contributed by atoms with van der Waals surface area (Å²) in [5, 5.41) is 9.77. The Bertz CT molecular complexity index is 1100. The maximum Gasteiger partial charge on any atom is 0.154 e. The van der Waals surface area contributed by atoms with Crippen LogP contribution in [0.4, 0.5) is 0 Å². The number of hydrazone groups is 1. The highest BCUT2D eigenvalue weighted by molar-refractivity contribution is 7.99. The van der Waals surface area contributed by atoms with E-state index >= 15 is 0 Å². The van der Waals surface area contributed by atoms with Gasteiger partial charge in [-0.15, -0.1) is 16.9 Å². The largest absolute Gasteiger partial charge is 0.382 e. The minimum Gasteiger partial charge on any atom is -0.382 e. The Hall–Kier alpha value is -2.48. The molecular formula is C18H25N9OS2. The molecule has 10 nitrogen and oxygen atoms in total. The molecule has 0 fully saturated rings. The van der Waals surface area contributed by atoms with Gasteiger partial charge < -0.3 is 22.2 Å². The molecule has 0 saturated carbocycles. The fraction of sp³-hybridized carbons (Fsp3) is 0.222. The summed E-state index contributed by atoms with van der Waals surface area (Å²) in [4.78, 5) is 9.04. The molecule has 0 saturated heterocycles. The van der Waals surface area contributed by atoms with Gasteiger partial charge in [0, 0.05) is 34.7 Å². The van der Waals surface area contributed by atoms with E-state index in [2.05, 4.69) is 20.6 Å². The summed E-state index contributed by atoms with van der Waals surface area (Å²) in [7, 11) is -1.83. The van der Waals surface area contributed by atoms with Crippen LogP contribution in [-0.2, 0) is 17.4 Å². The molecule has 1 aromatic heterocycles. The van der Waals surface area contributed by atoms with Crippen molar-refractivity contribution in [3.63, 3.8) is 0 Å². The van der Waals surface area contributed by atoms with Crippen molar-refractivity contribution in [2.75, 3.05) is 18.8 Å². The molecule has 0 amide bonds. The molecular weight excluding hydrogens is 422 g/mol. The van der Waals surface area contributed by atoms with Gasteiger partial charge in [-0.25, -0.2) is 25.7 Å². The summed E-state index contributed by atoms with van der Waals surface area (Å²) < 4.78 is 12.5. The molecule has 30 heavy (non-hydrogen) atoms. The average Bonchev–Trinajstić information content (AvgIpc) is 3.14. The molecule has 160 valence electrons. The molecule has 1 heterocycles. The minimum atomic E-state index is -1.83. The lowest BCUT2D eigenvalue weighted by Gasteiger charge is -2.17. The van der Waals surface area contributed by atoms with E-state index in [9.17, 15) is 4.21 Å². The van der Waals surface area contributed by atoms with Gasteiger partial charge in [-0.2, -0.15) is 0 Å². The van der Waals surface area contributed by atoms with Crippen LogP contribution in [0.25, 0.3) is 22.2 Å². The fourth-order valence-electron chi connectivity index (χ4n) is 3.21. The van der Waals surface area contributed by atoms with Gasteiger partial charge in [-0.3, -0.25) is 0 Å². The van der Waals surface area contributed by atoms with Crippen LogP contribution in [0.3, 0.4) is 0 Å². The first-order valence-electron chi connectivity index (χ1n) is 9.15. The van der Waals surface area contributed by atoms with Gasteiger partial charge >= 0.3 is 0 Å². The van der Waals surface area contributed by atoms with Gasteiger partial charge in [0.2, 0.25) is 0 Å². The number of para-hydroxylation sites is 1. The number of thioether (sulfide) groups is 1. The third kappa shape index (κ3) is 4.48. The summed E-state index contributed by atoms with van der Waals surface area (Å²) >= 11 is 1.45. The normalized spacial score (nSPS) is 13.0. The molecule has 0 aliphatic carbocycles. The number of nitrogens with one attached hydrogen (secondary N) is 2. The summed E-state index contributed by atoms with van der Waals surface area (Å²) in [5.41, 5.74) is 23.2. The molecule has 0 spiro atoms. The number of aromatic amines is 1. The molecule has 3 aromatic rings. The molecule has 2 aromatic carbocycles. The van der Waals surface area contributed by atoms with E-state index in [4.69, 9.17) is 28.2 Å². The summed E-state index contributed by atoms with van der Waals surface area (Å²) in [6.45, 7) is 0.939. The van der Waals surface area contributed by atoms with Gasteiger partial charge in [-0.05, 0) is 24.2 Å². The van der Waals surface area contributed by atoms with Crippen LogP contribution in [0.15, 0.2) is 45.2 Å². The van der Waals surface area contributed by atoms with Crippen LogP contribution in [0.1, 0.15) is 11.4 Å². The lowest BCUT2D eigenvalue weighted by atomic mass is 9.97. The zero-order chi connectivity index (χ0) is 21.7. The van der Waals surface area contributed by atoms with Crippen LogP contribution in [-0.4, -0.2) is 38.9 Å². The van der Waals surface area contributed by atoms with E-state index < -0.39 is 11.0 Å². The van der Waals surface area contributed by atoms with Gasteiger partial charge in [-0.1, -0.05) is 18.2 Å². The lowest BCUT2D eigenvalue weighted by Crippen LogP contribution is -2.26.